The Labute approximate surface area is 518 Å². The number of rotatable bonds is 9. The van der Waals surface area contributed by atoms with Crippen LogP contribution in [-0.2, 0) is 30.9 Å². The Morgan fingerprint density at radius 3 is 1.79 bits per heavy atom. The second-order valence-corrected chi connectivity index (χ2v) is 28.5. The number of benzene rings is 9. The summed E-state index contributed by atoms with van der Waals surface area (Å²) in [6, 6.07) is 62.2. The van der Waals surface area contributed by atoms with Crippen LogP contribution in [0.15, 0.2) is 186 Å². The van der Waals surface area contributed by atoms with Crippen LogP contribution in [0, 0.1) is 19.0 Å². The van der Waals surface area contributed by atoms with Gasteiger partial charge < -0.3 is 13.6 Å². The number of nitrogens with zero attached hydrogens (tertiary/aromatic N) is 4. The Morgan fingerprint density at radius 1 is 0.556 bits per heavy atom. The van der Waals surface area contributed by atoms with E-state index in [0.29, 0.717) is 5.56 Å². The maximum Gasteiger partial charge on any atom is 0.120 e. The van der Waals surface area contributed by atoms with Crippen molar-refractivity contribution in [3.05, 3.63) is 222 Å². The Morgan fingerprint density at radius 2 is 1.15 bits per heavy atom. The fourth-order valence-electron chi connectivity index (χ4n) is 10.7. The maximum absolute atomic E-state index is 9.32. The normalized spacial score (nSPS) is 16.3. The van der Waals surface area contributed by atoms with Gasteiger partial charge >= 0.3 is 0 Å². The van der Waals surface area contributed by atoms with Gasteiger partial charge in [0.2, 0.25) is 0 Å². The number of imidazole rings is 2. The zero-order valence-electron chi connectivity index (χ0n) is 63.9. The number of hydrogen-bond acceptors (Lipinski definition) is 3. The molecule has 3 heterocycles. The fraction of sp³-hybridized carbons (Fsp3) is 0.243. The molecule has 0 aliphatic rings. The quantitative estimate of drug-likeness (QED) is 0.107. The second-order valence-electron chi connectivity index (χ2n) is 23.5. The minimum atomic E-state index is -3.62. The van der Waals surface area contributed by atoms with E-state index in [4.69, 9.17) is 34.9 Å². The van der Waals surface area contributed by atoms with E-state index in [0.717, 1.165) is 67.7 Å². The summed E-state index contributed by atoms with van der Waals surface area (Å²) in [6.45, 7) is 2.85. The van der Waals surface area contributed by atoms with Crippen LogP contribution in [-0.4, -0.2) is 27.2 Å². The van der Waals surface area contributed by atoms with Gasteiger partial charge in [-0.05, 0) is 104 Å². The summed E-state index contributed by atoms with van der Waals surface area (Å²) in [6.07, 6.45) is 0. The first-order chi connectivity index (χ1) is 45.0. The molecule has 0 unspecified atom stereocenters. The molecule has 12 rings (SSSR count). The number of aromatic nitrogens is 4. The summed E-state index contributed by atoms with van der Waals surface area (Å²) in [5.41, 5.74) is 9.35. The first-order valence-electron chi connectivity index (χ1n) is 35.3. The van der Waals surface area contributed by atoms with Crippen LogP contribution < -0.4 is 5.19 Å². The van der Waals surface area contributed by atoms with E-state index in [-0.39, 0.29) is 64.5 Å². The molecular formula is C74H74IrN4OSi-2. The first kappa shape index (κ1) is 39.1. The number of aryl methyl sites for hydroxylation is 1. The van der Waals surface area contributed by atoms with Crippen LogP contribution in [0.5, 0.6) is 0 Å². The van der Waals surface area contributed by atoms with E-state index < -0.39 is 70.9 Å². The summed E-state index contributed by atoms with van der Waals surface area (Å²) in [7, 11) is -2.19. The van der Waals surface area contributed by atoms with Crippen molar-refractivity contribution in [3.63, 3.8) is 0 Å². The Bertz CT molecular complexity index is 4850. The molecule has 0 bridgehead atoms. The molecule has 7 heteroatoms. The standard InChI is InChI=1S/C39H35N2O.C35H39N2Si.Ir/c1-38(2,3)30-23-26(25-15-8-7-9-16-25)24-31(39(4,5)6)35(30)41-33-21-12-11-20-32(33)40-37(41)29-19-14-18-28-27-17-10-13-22-34(27)42-36(28)29;1-23(2)29-15-12-16-30(24(3)4)34(29)37-33-22-28(38(6,7)8)19-20-32(33)36-35(37)27-18-17-25(5)31(21-27)26-13-10-9-11-14-26;/h7-18,20-24H,1-6H3;9-17,19-24H,1-8H3;/q2*-1;/i;1D3,2D3,3D3,4D3,5D3,23D,24D;. The topological polar surface area (TPSA) is 48.8 Å². The van der Waals surface area contributed by atoms with E-state index in [9.17, 15) is 2.74 Å². The molecule has 0 aliphatic heterocycles. The summed E-state index contributed by atoms with van der Waals surface area (Å²) in [5.74, 6) is -6.32. The van der Waals surface area contributed by atoms with Crippen molar-refractivity contribution in [2.75, 3.05) is 0 Å². The van der Waals surface area contributed by atoms with Crippen molar-refractivity contribution in [2.24, 2.45) is 0 Å². The zero-order chi connectivity index (χ0) is 70.8. The largest absolute Gasteiger partial charge is 0.501 e. The first-order valence-corrected chi connectivity index (χ1v) is 30.3. The molecule has 5 nitrogen and oxygen atoms in total. The maximum atomic E-state index is 9.32. The smallest absolute Gasteiger partial charge is 0.120 e. The van der Waals surface area contributed by atoms with Gasteiger partial charge in [-0.3, -0.25) is 9.97 Å². The molecular weight excluding hydrogens is 1180 g/mol. The minimum Gasteiger partial charge on any atom is -0.501 e. The Hall–Kier alpha value is -7.41. The molecule has 3 aromatic heterocycles. The number of hydrogen-bond donors (Lipinski definition) is 0. The molecule has 12 aromatic rings. The SMILES string of the molecule is CC(C)(C)c1cc(-c2ccccc2)cc(C(C)(C)C)c1-n1c(-c2[c-]ccc3c2oc2ccccc23)nc2ccccc21.[2H]C([2H])([2H])c1c[c-]c(-c2nc3ccc([Si](C)(C)C)cc3n2-c2c(C([2H])(C([2H])([2H])[2H])C([2H])([2H])[2H])cccc2C([2H])(C([2H])([2H])[2H])C([2H])([2H])[2H])cc1-c1ccccc1.[Ir]. The van der Waals surface area contributed by atoms with Gasteiger partial charge in [0.15, 0.2) is 0 Å². The van der Waals surface area contributed by atoms with Gasteiger partial charge in [0, 0.05) is 60.2 Å². The van der Waals surface area contributed by atoms with Crippen molar-refractivity contribution < 1.29 is 47.8 Å². The van der Waals surface area contributed by atoms with Crippen LogP contribution in [0.1, 0.15) is 132 Å². The monoisotopic (exact) mass is 1270 g/mol. The van der Waals surface area contributed by atoms with Gasteiger partial charge in [-0.2, -0.15) is 0 Å². The van der Waals surface area contributed by atoms with Crippen LogP contribution in [0.2, 0.25) is 19.6 Å². The van der Waals surface area contributed by atoms with Crippen LogP contribution in [0.3, 0.4) is 0 Å². The second kappa shape index (κ2) is 22.2. The van der Waals surface area contributed by atoms with Crippen molar-refractivity contribution in [2.45, 2.75) is 118 Å². The van der Waals surface area contributed by atoms with Crippen LogP contribution in [0.4, 0.5) is 0 Å². The summed E-state index contributed by atoms with van der Waals surface area (Å²) >= 11 is 0. The molecule has 9 aromatic carbocycles. The van der Waals surface area contributed by atoms with Gasteiger partial charge in [0.05, 0.1) is 47.4 Å². The van der Waals surface area contributed by atoms with Crippen molar-refractivity contribution in [3.8, 4) is 56.4 Å². The van der Waals surface area contributed by atoms with Gasteiger partial charge in [-0.15, -0.1) is 47.5 Å². The van der Waals surface area contributed by atoms with E-state index in [1.54, 1.807) is 42.5 Å². The van der Waals surface area contributed by atoms with E-state index >= 15 is 0 Å². The van der Waals surface area contributed by atoms with Gasteiger partial charge in [0.1, 0.15) is 5.58 Å². The molecule has 0 aliphatic carbocycles. The molecule has 0 N–H and O–H groups in total. The summed E-state index contributed by atoms with van der Waals surface area (Å²) in [4.78, 5) is 10.1. The molecule has 0 saturated heterocycles. The molecule has 0 atom stereocenters. The molecule has 0 spiro atoms. The van der Waals surface area contributed by atoms with Crippen molar-refractivity contribution in [1.82, 2.24) is 19.1 Å². The Kier molecular flexibility index (Phi) is 10.7. The number of para-hydroxylation sites is 4. The third-order valence-electron chi connectivity index (χ3n) is 14.8. The molecule has 0 fully saturated rings. The predicted molar refractivity (Wildman–Crippen MR) is 342 cm³/mol. The third-order valence-corrected chi connectivity index (χ3v) is 16.8. The number of furan rings is 1. The zero-order valence-corrected chi connectivity index (χ0v) is 50.2. The van der Waals surface area contributed by atoms with Crippen LogP contribution in [0.25, 0.3) is 100 Å². The third kappa shape index (κ3) is 10.8. The molecule has 1 radical (unpaired) electrons. The predicted octanol–water partition coefficient (Wildman–Crippen LogP) is 19.9. The average Bonchev–Trinajstić information content (AvgIpc) is 1.17. The fourth-order valence-corrected chi connectivity index (χ4v) is 11.9. The molecule has 411 valence electrons. The average molecular weight is 1270 g/mol. The minimum absolute atomic E-state index is 0. The molecule has 0 saturated carbocycles. The number of fused-ring (bicyclic) bond motifs is 5. The summed E-state index contributed by atoms with van der Waals surface area (Å²) < 4.78 is 154. The van der Waals surface area contributed by atoms with Gasteiger partial charge in [0.25, 0.3) is 0 Å². The Balaban J connectivity index is 0.000000217. The summed E-state index contributed by atoms with van der Waals surface area (Å²) in [5, 5.41) is 3.00. The van der Waals surface area contributed by atoms with Gasteiger partial charge in [-0.25, -0.2) is 0 Å². The van der Waals surface area contributed by atoms with E-state index in [1.165, 1.54) is 44.6 Å². The molecule has 0 amide bonds. The van der Waals surface area contributed by atoms with Crippen molar-refractivity contribution in [1.29, 1.82) is 0 Å². The van der Waals surface area contributed by atoms with Crippen molar-refractivity contribution >= 4 is 57.3 Å². The van der Waals surface area contributed by atoms with Gasteiger partial charge in [-0.1, -0.05) is 232 Å². The van der Waals surface area contributed by atoms with E-state index in [1.807, 2.05) is 43.9 Å². The molecule has 81 heavy (non-hydrogen) atoms. The van der Waals surface area contributed by atoms with Crippen LogP contribution >= 0.6 is 0 Å². The van der Waals surface area contributed by atoms with E-state index in [2.05, 4.69) is 143 Å².